The van der Waals surface area contributed by atoms with Gasteiger partial charge in [0.15, 0.2) is 0 Å². The monoisotopic (exact) mass is 226 g/mol. The predicted molar refractivity (Wildman–Crippen MR) is 71.1 cm³/mol. The topological polar surface area (TPSA) is 30.9 Å². The lowest BCUT2D eigenvalue weighted by Gasteiger charge is -2.12. The molecule has 2 N–H and O–H groups in total. The van der Waals surface area contributed by atoms with Gasteiger partial charge in [-0.05, 0) is 37.1 Å². The fourth-order valence-electron chi connectivity index (χ4n) is 2.72. The Labute approximate surface area is 102 Å². The molecule has 2 nitrogen and oxygen atoms in total. The molecule has 0 fully saturated rings. The molecule has 0 aliphatic heterocycles. The maximum Gasteiger partial charge on any atom is 0.0519 e. The Bertz CT molecular complexity index is 564. The van der Waals surface area contributed by atoms with Crippen LogP contribution in [0, 0.1) is 6.92 Å². The second-order valence-corrected chi connectivity index (χ2v) is 5.16. The Kier molecular flexibility index (Phi) is 2.33. The zero-order chi connectivity index (χ0) is 12.0. The minimum Gasteiger partial charge on any atom is -0.346 e. The van der Waals surface area contributed by atoms with E-state index < -0.39 is 0 Å². The average Bonchev–Trinajstić information content (AvgIpc) is 2.78. The molecule has 2 heteroatoms. The summed E-state index contributed by atoms with van der Waals surface area (Å²) >= 11 is 0. The Hall–Kier alpha value is -1.54. The Balaban J connectivity index is 2.12. The predicted octanol–water partition coefficient (Wildman–Crippen LogP) is 2.71. The van der Waals surface area contributed by atoms with E-state index in [0.29, 0.717) is 0 Å². The number of nitrogens with two attached hydrogens (primary N) is 1. The molecule has 1 aromatic heterocycles. The van der Waals surface area contributed by atoms with Crippen LogP contribution in [0.25, 0.3) is 11.3 Å². The van der Waals surface area contributed by atoms with Gasteiger partial charge in [-0.3, -0.25) is 0 Å². The van der Waals surface area contributed by atoms with E-state index in [2.05, 4.69) is 48.9 Å². The molecule has 2 aromatic rings. The molecule has 0 saturated heterocycles. The summed E-state index contributed by atoms with van der Waals surface area (Å²) in [5, 5.41) is 0. The van der Waals surface area contributed by atoms with Crippen molar-refractivity contribution in [1.82, 2.24) is 4.57 Å². The van der Waals surface area contributed by atoms with Crippen molar-refractivity contribution in [1.29, 1.82) is 0 Å². The van der Waals surface area contributed by atoms with Gasteiger partial charge in [0, 0.05) is 30.8 Å². The largest absolute Gasteiger partial charge is 0.346 e. The van der Waals surface area contributed by atoms with E-state index in [-0.39, 0.29) is 6.04 Å². The van der Waals surface area contributed by atoms with Gasteiger partial charge in [0.1, 0.15) is 0 Å². The summed E-state index contributed by atoms with van der Waals surface area (Å²) in [4.78, 5) is 0. The van der Waals surface area contributed by atoms with Crippen LogP contribution >= 0.6 is 0 Å². The number of benzene rings is 1. The third-order valence-electron chi connectivity index (χ3n) is 3.43. The number of aryl methyl sites for hydroxylation is 1. The van der Waals surface area contributed by atoms with Crippen molar-refractivity contribution in [3.63, 3.8) is 0 Å². The highest BCUT2D eigenvalue weighted by Crippen LogP contribution is 2.37. The van der Waals surface area contributed by atoms with Crippen molar-refractivity contribution in [2.45, 2.75) is 32.9 Å². The van der Waals surface area contributed by atoms with E-state index in [9.17, 15) is 0 Å². The maximum atomic E-state index is 5.91. The number of aromatic nitrogens is 1. The summed E-state index contributed by atoms with van der Waals surface area (Å²) < 4.78 is 2.30. The molecule has 0 saturated carbocycles. The number of rotatable bonds is 2. The van der Waals surface area contributed by atoms with E-state index in [0.717, 1.165) is 13.0 Å². The van der Waals surface area contributed by atoms with Gasteiger partial charge in [0.05, 0.1) is 5.69 Å². The second-order valence-electron chi connectivity index (χ2n) is 5.16. The molecule has 1 aliphatic carbocycles. The van der Waals surface area contributed by atoms with E-state index in [1.807, 2.05) is 0 Å². The summed E-state index contributed by atoms with van der Waals surface area (Å²) in [6.45, 7) is 5.10. The van der Waals surface area contributed by atoms with Crippen LogP contribution in [0.15, 0.2) is 30.5 Å². The van der Waals surface area contributed by atoms with Gasteiger partial charge in [-0.15, -0.1) is 0 Å². The van der Waals surface area contributed by atoms with Crippen molar-refractivity contribution >= 4 is 0 Å². The minimum atomic E-state index is 0.195. The number of fused-ring (bicyclic) bond motifs is 3. The second kappa shape index (κ2) is 3.74. The van der Waals surface area contributed by atoms with Crippen molar-refractivity contribution in [3.8, 4) is 11.3 Å². The van der Waals surface area contributed by atoms with Crippen molar-refractivity contribution in [2.75, 3.05) is 0 Å². The zero-order valence-electron chi connectivity index (χ0n) is 10.4. The molecule has 1 heterocycles. The highest BCUT2D eigenvalue weighted by atomic mass is 15.0. The molecule has 88 valence electrons. The molecule has 0 radical (unpaired) electrons. The highest BCUT2D eigenvalue weighted by Gasteiger charge is 2.22. The Morgan fingerprint density at radius 3 is 2.88 bits per heavy atom. The van der Waals surface area contributed by atoms with Gasteiger partial charge < -0.3 is 10.3 Å². The van der Waals surface area contributed by atoms with Gasteiger partial charge in [-0.1, -0.05) is 17.7 Å². The molecule has 1 aromatic carbocycles. The number of nitrogens with zero attached hydrogens (tertiary/aromatic N) is 1. The molecule has 0 unspecified atom stereocenters. The van der Waals surface area contributed by atoms with Crippen LogP contribution in [-0.2, 0) is 13.0 Å². The molecule has 1 aliphatic rings. The van der Waals surface area contributed by atoms with Gasteiger partial charge in [-0.2, -0.15) is 0 Å². The zero-order valence-corrected chi connectivity index (χ0v) is 10.4. The first-order valence-electron chi connectivity index (χ1n) is 6.18. The van der Waals surface area contributed by atoms with Crippen molar-refractivity contribution in [2.24, 2.45) is 5.73 Å². The summed E-state index contributed by atoms with van der Waals surface area (Å²) in [6, 6.07) is 9.16. The Morgan fingerprint density at radius 2 is 2.12 bits per heavy atom. The molecular formula is C15H18N2. The van der Waals surface area contributed by atoms with E-state index in [1.165, 1.54) is 27.9 Å². The average molecular weight is 226 g/mol. The highest BCUT2D eigenvalue weighted by molar-refractivity contribution is 5.75. The standard InChI is InChI=1S/C15H18N2/c1-10-3-4-12-8-13-5-6-17(9-11(2)16)15(13)14(12)7-10/h3-7,11H,8-9,16H2,1-2H3/t11-/m1/s1. The van der Waals surface area contributed by atoms with Crippen LogP contribution in [0.3, 0.4) is 0 Å². The quantitative estimate of drug-likeness (QED) is 0.715. The first-order chi connectivity index (χ1) is 8.15. The first-order valence-corrected chi connectivity index (χ1v) is 6.18. The first kappa shape index (κ1) is 10.6. The summed E-state index contributed by atoms with van der Waals surface area (Å²) in [7, 11) is 0. The normalized spacial score (nSPS) is 14.5. The molecule has 1 atom stereocenters. The van der Waals surface area contributed by atoms with Crippen LogP contribution in [0.2, 0.25) is 0 Å². The molecule has 0 bridgehead atoms. The fraction of sp³-hybridized carbons (Fsp3) is 0.333. The van der Waals surface area contributed by atoms with Gasteiger partial charge in [0.2, 0.25) is 0 Å². The van der Waals surface area contributed by atoms with Crippen LogP contribution < -0.4 is 5.73 Å². The van der Waals surface area contributed by atoms with Crippen LogP contribution in [-0.4, -0.2) is 10.6 Å². The van der Waals surface area contributed by atoms with Gasteiger partial charge >= 0.3 is 0 Å². The van der Waals surface area contributed by atoms with Gasteiger partial charge in [0.25, 0.3) is 0 Å². The third-order valence-corrected chi connectivity index (χ3v) is 3.43. The van der Waals surface area contributed by atoms with Crippen molar-refractivity contribution in [3.05, 3.63) is 47.2 Å². The summed E-state index contributed by atoms with van der Waals surface area (Å²) in [5.41, 5.74) is 12.9. The molecule has 0 amide bonds. The minimum absolute atomic E-state index is 0.195. The lowest BCUT2D eigenvalue weighted by atomic mass is 10.1. The summed E-state index contributed by atoms with van der Waals surface area (Å²) in [5.74, 6) is 0. The smallest absolute Gasteiger partial charge is 0.0519 e. The van der Waals surface area contributed by atoms with E-state index >= 15 is 0 Å². The lowest BCUT2D eigenvalue weighted by Crippen LogP contribution is -2.22. The number of hydrogen-bond acceptors (Lipinski definition) is 1. The van der Waals surface area contributed by atoms with Crippen LogP contribution in [0.1, 0.15) is 23.6 Å². The molecular weight excluding hydrogens is 208 g/mol. The molecule has 17 heavy (non-hydrogen) atoms. The van der Waals surface area contributed by atoms with Gasteiger partial charge in [-0.25, -0.2) is 0 Å². The lowest BCUT2D eigenvalue weighted by molar-refractivity contribution is 0.596. The van der Waals surface area contributed by atoms with Crippen LogP contribution in [0.5, 0.6) is 0 Å². The van der Waals surface area contributed by atoms with Crippen LogP contribution in [0.4, 0.5) is 0 Å². The fourth-order valence-corrected chi connectivity index (χ4v) is 2.72. The van der Waals surface area contributed by atoms with E-state index in [1.54, 1.807) is 0 Å². The molecule has 0 spiro atoms. The van der Waals surface area contributed by atoms with E-state index in [4.69, 9.17) is 5.73 Å². The summed E-state index contributed by atoms with van der Waals surface area (Å²) in [6.07, 6.45) is 3.23. The van der Waals surface area contributed by atoms with Crippen molar-refractivity contribution < 1.29 is 0 Å². The maximum absolute atomic E-state index is 5.91. The Morgan fingerprint density at radius 1 is 1.29 bits per heavy atom. The number of hydrogen-bond donors (Lipinski definition) is 1. The molecule has 3 rings (SSSR count). The third kappa shape index (κ3) is 1.69. The SMILES string of the molecule is Cc1ccc2c(c1)-c1c(ccn1C[C@@H](C)N)C2.